The zero-order valence-corrected chi connectivity index (χ0v) is 20.6. The summed E-state index contributed by atoms with van der Waals surface area (Å²) in [5.74, 6) is 1.56. The molecule has 6 rings (SSSR count). The van der Waals surface area contributed by atoms with Crippen molar-refractivity contribution in [2.45, 2.75) is 75.9 Å². The predicted octanol–water partition coefficient (Wildman–Crippen LogP) is 4.68. The Morgan fingerprint density at radius 2 is 2.06 bits per heavy atom. The maximum atomic E-state index is 14.7. The molecule has 11 heteroatoms. The van der Waals surface area contributed by atoms with Gasteiger partial charge in [-0.15, -0.1) is 5.10 Å². The van der Waals surface area contributed by atoms with E-state index in [2.05, 4.69) is 54.9 Å². The van der Waals surface area contributed by atoms with Gasteiger partial charge in [0, 0.05) is 29.2 Å². The Labute approximate surface area is 208 Å². The lowest BCUT2D eigenvalue weighted by Crippen LogP contribution is -2.55. The number of nitrogens with zero attached hydrogens (tertiary/aromatic N) is 7. The average Bonchev–Trinajstić information content (AvgIpc) is 3.33. The highest BCUT2D eigenvalue weighted by Gasteiger charge is 2.43. The average molecular weight is 498 g/mol. The Morgan fingerprint density at radius 3 is 2.89 bits per heavy atom. The first-order valence-electron chi connectivity index (χ1n) is 12.3. The molecule has 0 amide bonds. The van der Waals surface area contributed by atoms with Crippen molar-refractivity contribution in [2.75, 3.05) is 17.2 Å². The lowest BCUT2D eigenvalue weighted by atomic mass is 9.84. The molecule has 0 unspecified atom stereocenters. The van der Waals surface area contributed by atoms with Crippen molar-refractivity contribution >= 4 is 29.1 Å². The molecule has 3 aromatic rings. The number of hydrogen-bond acceptors (Lipinski definition) is 8. The van der Waals surface area contributed by atoms with Crippen molar-refractivity contribution in [3.8, 4) is 5.69 Å². The molecule has 35 heavy (non-hydrogen) atoms. The van der Waals surface area contributed by atoms with E-state index in [9.17, 15) is 4.39 Å². The molecule has 1 aliphatic carbocycles. The van der Waals surface area contributed by atoms with Gasteiger partial charge in [0.1, 0.15) is 16.5 Å². The van der Waals surface area contributed by atoms with Crippen LogP contribution in [-0.2, 0) is 0 Å². The maximum Gasteiger partial charge on any atom is 0.229 e. The van der Waals surface area contributed by atoms with Crippen LogP contribution in [0.1, 0.15) is 64.1 Å². The Kier molecular flexibility index (Phi) is 5.60. The van der Waals surface area contributed by atoms with Gasteiger partial charge in [0.2, 0.25) is 5.95 Å². The number of halogens is 2. The summed E-state index contributed by atoms with van der Waals surface area (Å²) in [6.45, 7) is 5.82. The van der Waals surface area contributed by atoms with Crippen molar-refractivity contribution in [1.82, 2.24) is 35.1 Å². The number of rotatable bonds is 6. The molecular formula is C24H29ClFN9. The number of benzene rings is 1. The highest BCUT2D eigenvalue weighted by atomic mass is 35.5. The highest BCUT2D eigenvalue weighted by Crippen LogP contribution is 2.40. The second-order valence-electron chi connectivity index (χ2n) is 10.5. The van der Waals surface area contributed by atoms with E-state index in [1.807, 2.05) is 0 Å². The molecule has 3 fully saturated rings. The summed E-state index contributed by atoms with van der Waals surface area (Å²) in [6, 6.07) is 5.58. The van der Waals surface area contributed by atoms with Gasteiger partial charge >= 0.3 is 0 Å². The van der Waals surface area contributed by atoms with Crippen LogP contribution in [-0.4, -0.2) is 59.2 Å². The Bertz CT molecular complexity index is 1240. The molecule has 9 nitrogen and oxygen atoms in total. The smallest absolute Gasteiger partial charge is 0.229 e. The fourth-order valence-electron chi connectivity index (χ4n) is 5.69. The van der Waals surface area contributed by atoms with E-state index in [1.54, 1.807) is 18.3 Å². The summed E-state index contributed by atoms with van der Waals surface area (Å²) < 4.78 is 16.1. The zero-order chi connectivity index (χ0) is 24.2. The van der Waals surface area contributed by atoms with E-state index in [-0.39, 0.29) is 17.5 Å². The summed E-state index contributed by atoms with van der Waals surface area (Å²) in [6.07, 6.45) is 8.22. The molecule has 2 aliphatic heterocycles. The minimum atomic E-state index is -0.398. The molecule has 4 heterocycles. The number of tetrazole rings is 1. The molecule has 2 N–H and O–H groups in total. The van der Waals surface area contributed by atoms with Crippen LogP contribution in [0.4, 0.5) is 21.8 Å². The van der Waals surface area contributed by atoms with Crippen LogP contribution in [0.15, 0.2) is 24.4 Å². The van der Waals surface area contributed by atoms with Gasteiger partial charge in [-0.2, -0.15) is 9.67 Å². The number of anilines is 3. The summed E-state index contributed by atoms with van der Waals surface area (Å²) in [4.78, 5) is 11.6. The third-order valence-electron chi connectivity index (χ3n) is 7.41. The lowest BCUT2D eigenvalue weighted by Gasteiger charge is -2.47. The number of piperidine rings is 1. The molecule has 0 radical (unpaired) electrons. The molecule has 1 aromatic carbocycles. The second kappa shape index (κ2) is 8.67. The van der Waals surface area contributed by atoms with Gasteiger partial charge in [0.15, 0.2) is 11.6 Å². The largest absolute Gasteiger partial charge is 0.366 e. The molecule has 2 saturated heterocycles. The lowest BCUT2D eigenvalue weighted by molar-refractivity contribution is 0.0501. The third kappa shape index (κ3) is 4.45. The van der Waals surface area contributed by atoms with Crippen LogP contribution >= 0.6 is 11.6 Å². The van der Waals surface area contributed by atoms with Crippen LogP contribution in [0.2, 0.25) is 5.02 Å². The Morgan fingerprint density at radius 1 is 1.20 bits per heavy atom. The normalized spacial score (nSPS) is 23.8. The first-order valence-corrected chi connectivity index (χ1v) is 12.7. The van der Waals surface area contributed by atoms with E-state index in [0.29, 0.717) is 40.0 Å². The van der Waals surface area contributed by atoms with E-state index < -0.39 is 5.82 Å². The first-order chi connectivity index (χ1) is 16.9. The summed E-state index contributed by atoms with van der Waals surface area (Å²) >= 11 is 6.47. The van der Waals surface area contributed by atoms with E-state index in [1.165, 1.54) is 30.1 Å². The van der Waals surface area contributed by atoms with Crippen molar-refractivity contribution in [3.05, 3.63) is 41.1 Å². The molecule has 184 valence electrons. The number of nitrogens with one attached hydrogen (secondary N) is 2. The number of hydrogen-bond donors (Lipinski definition) is 2. The van der Waals surface area contributed by atoms with Crippen LogP contribution in [0.25, 0.3) is 5.69 Å². The molecule has 2 aromatic heterocycles. The van der Waals surface area contributed by atoms with Gasteiger partial charge < -0.3 is 10.6 Å². The molecular weight excluding hydrogens is 469 g/mol. The SMILES string of the molecule is CC1(C)C[C@H](Nc2nc(Nc3ccc(F)c(-n4nnnc4C4CC4)c3)ncc2Cl)C[C@@H]2CCCN21. The Balaban J connectivity index is 1.21. The van der Waals surface area contributed by atoms with Crippen molar-refractivity contribution in [1.29, 1.82) is 0 Å². The monoisotopic (exact) mass is 497 g/mol. The maximum absolute atomic E-state index is 14.7. The molecule has 3 aliphatic rings. The second-order valence-corrected chi connectivity index (χ2v) is 10.9. The standard InChI is InChI=1S/C24H29ClFN9/c1-24(2)12-16(10-17-4-3-9-34(17)24)28-21-18(25)13-27-23(30-21)29-15-7-8-19(26)20(11-15)35-22(14-5-6-14)31-32-33-35/h7-8,11,13-14,16-17H,3-6,9-10,12H2,1-2H3,(H2,27,28,29,30)/t16-,17+/m1/s1. The van der Waals surface area contributed by atoms with Crippen molar-refractivity contribution < 1.29 is 4.39 Å². The minimum absolute atomic E-state index is 0.137. The molecule has 2 atom stereocenters. The predicted molar refractivity (Wildman–Crippen MR) is 132 cm³/mol. The van der Waals surface area contributed by atoms with Gasteiger partial charge in [-0.3, -0.25) is 4.90 Å². The van der Waals surface area contributed by atoms with Crippen LogP contribution in [0, 0.1) is 5.82 Å². The summed E-state index contributed by atoms with van der Waals surface area (Å²) in [7, 11) is 0. The fraction of sp³-hybridized carbons (Fsp3) is 0.542. The third-order valence-corrected chi connectivity index (χ3v) is 7.69. The number of aromatic nitrogens is 6. The van der Waals surface area contributed by atoms with Crippen molar-refractivity contribution in [2.24, 2.45) is 0 Å². The van der Waals surface area contributed by atoms with Gasteiger partial charge in [0.25, 0.3) is 0 Å². The fourth-order valence-corrected chi connectivity index (χ4v) is 5.83. The molecule has 0 bridgehead atoms. The zero-order valence-electron chi connectivity index (χ0n) is 19.9. The van der Waals surface area contributed by atoms with E-state index >= 15 is 0 Å². The minimum Gasteiger partial charge on any atom is -0.366 e. The van der Waals surface area contributed by atoms with E-state index in [4.69, 9.17) is 11.6 Å². The molecule has 1 saturated carbocycles. The molecule has 0 spiro atoms. The van der Waals surface area contributed by atoms with Gasteiger partial charge in [-0.25, -0.2) is 9.37 Å². The summed E-state index contributed by atoms with van der Waals surface area (Å²) in [5.41, 5.74) is 1.06. The quantitative estimate of drug-likeness (QED) is 0.506. The van der Waals surface area contributed by atoms with Crippen molar-refractivity contribution in [3.63, 3.8) is 0 Å². The van der Waals surface area contributed by atoms with Gasteiger partial charge in [0.05, 0.1) is 6.20 Å². The van der Waals surface area contributed by atoms with Crippen LogP contribution < -0.4 is 10.6 Å². The first kappa shape index (κ1) is 22.6. The Hall–Kier alpha value is -2.85. The topological polar surface area (TPSA) is 96.7 Å². The van der Waals surface area contributed by atoms with Gasteiger partial charge in [-0.1, -0.05) is 11.6 Å². The highest BCUT2D eigenvalue weighted by molar-refractivity contribution is 6.32. The number of fused-ring (bicyclic) bond motifs is 1. The van der Waals surface area contributed by atoms with Crippen LogP contribution in [0.3, 0.4) is 0 Å². The van der Waals surface area contributed by atoms with E-state index in [0.717, 1.165) is 25.7 Å². The van der Waals surface area contributed by atoms with Gasteiger partial charge in [-0.05, 0) is 87.5 Å². The summed E-state index contributed by atoms with van der Waals surface area (Å²) in [5, 5.41) is 19.1. The van der Waals surface area contributed by atoms with Crippen LogP contribution in [0.5, 0.6) is 0 Å².